The van der Waals surface area contributed by atoms with Gasteiger partial charge in [-0.2, -0.15) is 0 Å². The van der Waals surface area contributed by atoms with Gasteiger partial charge in [0.15, 0.2) is 0 Å². The second kappa shape index (κ2) is 7.24. The first kappa shape index (κ1) is 14.8. The van der Waals surface area contributed by atoms with E-state index >= 15 is 0 Å². The van der Waals surface area contributed by atoms with Crippen LogP contribution in [0, 0.1) is 0 Å². The Morgan fingerprint density at radius 2 is 1.61 bits per heavy atom. The van der Waals surface area contributed by atoms with Gasteiger partial charge >= 0.3 is 0 Å². The van der Waals surface area contributed by atoms with Crippen molar-refractivity contribution in [2.24, 2.45) is 0 Å². The molecule has 0 aliphatic rings. The van der Waals surface area contributed by atoms with Crippen LogP contribution in [-0.4, -0.2) is 32.5 Å². The van der Waals surface area contributed by atoms with Gasteiger partial charge in [-0.05, 0) is 24.1 Å². The molecule has 0 aliphatic heterocycles. The minimum atomic E-state index is -0.682. The van der Waals surface area contributed by atoms with Gasteiger partial charge in [-0.15, -0.1) is 0 Å². The molecule has 2 atom stereocenters. The van der Waals surface area contributed by atoms with E-state index in [2.05, 4.69) is 6.92 Å². The normalized spacial score (nSPS) is 14.1. The zero-order valence-electron chi connectivity index (χ0n) is 11.5. The van der Waals surface area contributed by atoms with Crippen LogP contribution in [-0.2, 0) is 4.74 Å². The van der Waals surface area contributed by atoms with E-state index < -0.39 is 6.10 Å². The maximum Gasteiger partial charge on any atom is 0.122 e. The standard InChI is InChI=1S/C14H22O4/c1-5-6-13(18-4)14(15)10-7-11(16-2)9-12(8-10)17-3/h7-9,13-15H,5-6H2,1-4H3. The van der Waals surface area contributed by atoms with Gasteiger partial charge < -0.3 is 19.3 Å². The highest BCUT2D eigenvalue weighted by Gasteiger charge is 2.21. The number of hydrogen-bond donors (Lipinski definition) is 1. The minimum absolute atomic E-state index is 0.216. The van der Waals surface area contributed by atoms with Crippen molar-refractivity contribution >= 4 is 0 Å². The van der Waals surface area contributed by atoms with Crippen LogP contribution in [0.4, 0.5) is 0 Å². The first-order valence-corrected chi connectivity index (χ1v) is 6.10. The van der Waals surface area contributed by atoms with Gasteiger partial charge in [0, 0.05) is 13.2 Å². The van der Waals surface area contributed by atoms with Gasteiger partial charge in [0.1, 0.15) is 17.6 Å². The average molecular weight is 254 g/mol. The van der Waals surface area contributed by atoms with Crippen LogP contribution in [0.5, 0.6) is 11.5 Å². The molecule has 1 N–H and O–H groups in total. The molecule has 4 heteroatoms. The molecule has 1 aromatic carbocycles. The smallest absolute Gasteiger partial charge is 0.122 e. The van der Waals surface area contributed by atoms with Crippen molar-refractivity contribution in [1.82, 2.24) is 0 Å². The van der Waals surface area contributed by atoms with E-state index in [9.17, 15) is 5.11 Å². The van der Waals surface area contributed by atoms with Gasteiger partial charge in [0.25, 0.3) is 0 Å². The zero-order valence-corrected chi connectivity index (χ0v) is 11.5. The Balaban J connectivity index is 2.98. The molecular weight excluding hydrogens is 232 g/mol. The highest BCUT2D eigenvalue weighted by atomic mass is 16.5. The number of hydrogen-bond acceptors (Lipinski definition) is 4. The Labute approximate surface area is 108 Å². The van der Waals surface area contributed by atoms with Gasteiger partial charge in [-0.3, -0.25) is 0 Å². The minimum Gasteiger partial charge on any atom is -0.497 e. The maximum absolute atomic E-state index is 10.3. The van der Waals surface area contributed by atoms with E-state index in [1.54, 1.807) is 39.5 Å². The topological polar surface area (TPSA) is 47.9 Å². The predicted octanol–water partition coefficient (Wildman–Crippen LogP) is 2.55. The number of rotatable bonds is 7. The molecule has 1 aromatic rings. The molecule has 102 valence electrons. The molecule has 4 nitrogen and oxygen atoms in total. The molecule has 0 saturated heterocycles. The first-order valence-electron chi connectivity index (χ1n) is 6.10. The molecule has 2 unspecified atom stereocenters. The van der Waals surface area contributed by atoms with Gasteiger partial charge in [-0.25, -0.2) is 0 Å². The van der Waals surface area contributed by atoms with Gasteiger partial charge in [-0.1, -0.05) is 13.3 Å². The van der Waals surface area contributed by atoms with Crippen LogP contribution >= 0.6 is 0 Å². The van der Waals surface area contributed by atoms with Crippen molar-refractivity contribution in [2.75, 3.05) is 21.3 Å². The van der Waals surface area contributed by atoms with E-state index in [0.29, 0.717) is 11.5 Å². The summed E-state index contributed by atoms with van der Waals surface area (Å²) in [4.78, 5) is 0. The summed E-state index contributed by atoms with van der Waals surface area (Å²) in [5, 5.41) is 10.3. The Morgan fingerprint density at radius 3 is 2.00 bits per heavy atom. The number of ether oxygens (including phenoxy) is 3. The van der Waals surface area contributed by atoms with Crippen LogP contribution in [0.2, 0.25) is 0 Å². The number of aliphatic hydroxyl groups excluding tert-OH is 1. The summed E-state index contributed by atoms with van der Waals surface area (Å²) in [6.45, 7) is 2.06. The molecule has 0 spiro atoms. The summed E-state index contributed by atoms with van der Waals surface area (Å²) < 4.78 is 15.7. The molecule has 0 radical (unpaired) electrons. The summed E-state index contributed by atoms with van der Waals surface area (Å²) >= 11 is 0. The summed E-state index contributed by atoms with van der Waals surface area (Å²) in [7, 11) is 4.79. The Bertz CT molecular complexity index is 343. The second-order valence-corrected chi connectivity index (χ2v) is 4.15. The summed E-state index contributed by atoms with van der Waals surface area (Å²) in [6, 6.07) is 5.38. The average Bonchev–Trinajstić information content (AvgIpc) is 2.43. The number of methoxy groups -OCH3 is 3. The first-order chi connectivity index (χ1) is 8.65. The van der Waals surface area contributed by atoms with Crippen LogP contribution in [0.1, 0.15) is 31.4 Å². The lowest BCUT2D eigenvalue weighted by Gasteiger charge is -2.22. The molecule has 0 aliphatic carbocycles. The third-order valence-corrected chi connectivity index (χ3v) is 2.94. The molecule has 0 aromatic heterocycles. The summed E-state index contributed by atoms with van der Waals surface area (Å²) in [5.41, 5.74) is 0.742. The fourth-order valence-corrected chi connectivity index (χ4v) is 1.90. The van der Waals surface area contributed by atoms with E-state index in [-0.39, 0.29) is 6.10 Å². The van der Waals surface area contributed by atoms with E-state index in [1.165, 1.54) is 0 Å². The Hall–Kier alpha value is -1.26. The molecule has 0 heterocycles. The molecule has 0 fully saturated rings. The summed E-state index contributed by atoms with van der Waals surface area (Å²) in [6.07, 6.45) is 0.860. The van der Waals surface area contributed by atoms with Crippen molar-refractivity contribution in [3.8, 4) is 11.5 Å². The highest BCUT2D eigenvalue weighted by molar-refractivity contribution is 5.39. The zero-order chi connectivity index (χ0) is 13.5. The molecule has 1 rings (SSSR count). The molecule has 18 heavy (non-hydrogen) atoms. The Kier molecular flexibility index (Phi) is 5.95. The molecular formula is C14H22O4. The van der Waals surface area contributed by atoms with Crippen molar-refractivity contribution in [2.45, 2.75) is 32.0 Å². The fourth-order valence-electron chi connectivity index (χ4n) is 1.90. The SMILES string of the molecule is CCCC(OC)C(O)c1cc(OC)cc(OC)c1. The van der Waals surface area contributed by atoms with Crippen LogP contribution in [0.25, 0.3) is 0 Å². The largest absolute Gasteiger partial charge is 0.497 e. The van der Waals surface area contributed by atoms with Crippen molar-refractivity contribution in [3.63, 3.8) is 0 Å². The molecule has 0 saturated carbocycles. The second-order valence-electron chi connectivity index (χ2n) is 4.15. The quantitative estimate of drug-likeness (QED) is 0.812. The highest BCUT2D eigenvalue weighted by Crippen LogP contribution is 2.29. The third-order valence-electron chi connectivity index (χ3n) is 2.94. The lowest BCUT2D eigenvalue weighted by Crippen LogP contribution is -2.20. The molecule has 0 bridgehead atoms. The number of benzene rings is 1. The lowest BCUT2D eigenvalue weighted by molar-refractivity contribution is -0.0181. The van der Waals surface area contributed by atoms with E-state index in [0.717, 1.165) is 18.4 Å². The van der Waals surface area contributed by atoms with Crippen LogP contribution in [0.15, 0.2) is 18.2 Å². The monoisotopic (exact) mass is 254 g/mol. The third kappa shape index (κ3) is 3.62. The van der Waals surface area contributed by atoms with E-state index in [1.807, 2.05) is 0 Å². The summed E-state index contributed by atoms with van der Waals surface area (Å²) in [5.74, 6) is 1.32. The van der Waals surface area contributed by atoms with Crippen LogP contribution in [0.3, 0.4) is 0 Å². The van der Waals surface area contributed by atoms with Crippen molar-refractivity contribution < 1.29 is 19.3 Å². The maximum atomic E-state index is 10.3. The predicted molar refractivity (Wildman–Crippen MR) is 70.2 cm³/mol. The van der Waals surface area contributed by atoms with Gasteiger partial charge in [0.05, 0.1) is 20.3 Å². The number of aliphatic hydroxyl groups is 1. The lowest BCUT2D eigenvalue weighted by atomic mass is 10.0. The van der Waals surface area contributed by atoms with E-state index in [4.69, 9.17) is 14.2 Å². The van der Waals surface area contributed by atoms with Crippen molar-refractivity contribution in [1.29, 1.82) is 0 Å². The Morgan fingerprint density at radius 1 is 1.06 bits per heavy atom. The van der Waals surface area contributed by atoms with Gasteiger partial charge in [0.2, 0.25) is 0 Å². The molecule has 0 amide bonds. The van der Waals surface area contributed by atoms with Crippen molar-refractivity contribution in [3.05, 3.63) is 23.8 Å². The van der Waals surface area contributed by atoms with Crippen LogP contribution < -0.4 is 9.47 Å². The fraction of sp³-hybridized carbons (Fsp3) is 0.571.